The van der Waals surface area contributed by atoms with Crippen molar-refractivity contribution in [3.63, 3.8) is 0 Å². The molecule has 0 N–H and O–H groups in total. The lowest BCUT2D eigenvalue weighted by Gasteiger charge is -2.41. The van der Waals surface area contributed by atoms with Crippen LogP contribution in [-0.2, 0) is 9.53 Å². The van der Waals surface area contributed by atoms with Gasteiger partial charge in [-0.15, -0.1) is 0 Å². The Bertz CT molecular complexity index is 222. The third-order valence-corrected chi connectivity index (χ3v) is 2.44. The number of nitrogens with zero attached hydrogens (tertiary/aromatic N) is 1. The number of hydrogen-bond donors (Lipinski definition) is 0. The summed E-state index contributed by atoms with van der Waals surface area (Å²) in [4.78, 5) is 11.0. The summed E-state index contributed by atoms with van der Waals surface area (Å²) < 4.78 is 4.68. The van der Waals surface area contributed by atoms with Crippen molar-refractivity contribution >= 4 is 5.97 Å². The van der Waals surface area contributed by atoms with Gasteiger partial charge in [0.25, 0.3) is 0 Å². The first-order valence-corrected chi connectivity index (χ1v) is 5.35. The smallest absolute Gasteiger partial charge is 0.333 e. The number of rotatable bonds is 7. The normalized spacial score (nSPS) is 11.2. The molecule has 15 heavy (non-hydrogen) atoms. The van der Waals surface area contributed by atoms with Crippen LogP contribution in [-0.4, -0.2) is 36.9 Å². The van der Waals surface area contributed by atoms with E-state index in [2.05, 4.69) is 6.58 Å². The third-order valence-electron chi connectivity index (χ3n) is 2.44. The molecule has 88 valence electrons. The van der Waals surface area contributed by atoms with Gasteiger partial charge in [-0.3, -0.25) is 0 Å². The van der Waals surface area contributed by atoms with Gasteiger partial charge in [-0.1, -0.05) is 6.58 Å². The summed E-state index contributed by atoms with van der Waals surface area (Å²) in [6.07, 6.45) is 0.601. The van der Waals surface area contributed by atoms with Gasteiger partial charge >= 0.3 is 5.97 Å². The van der Waals surface area contributed by atoms with Gasteiger partial charge in [0, 0.05) is 12.0 Å². The van der Waals surface area contributed by atoms with Gasteiger partial charge < -0.3 is 14.6 Å². The number of hydrogen-bond acceptors (Lipinski definition) is 3. The summed E-state index contributed by atoms with van der Waals surface area (Å²) in [5.74, 6) is -0.382. The van der Waals surface area contributed by atoms with Crippen LogP contribution in [0, 0.1) is 5.21 Å². The van der Waals surface area contributed by atoms with Crippen LogP contribution < -0.4 is 0 Å². The lowest BCUT2D eigenvalue weighted by Crippen LogP contribution is -2.42. The maximum atomic E-state index is 11.8. The minimum atomic E-state index is -0.382. The zero-order valence-corrected chi connectivity index (χ0v) is 9.91. The lowest BCUT2D eigenvalue weighted by atomic mass is 10.3. The monoisotopic (exact) mass is 215 g/mol. The molecule has 4 heteroatoms. The van der Waals surface area contributed by atoms with Crippen LogP contribution in [0.2, 0.25) is 0 Å². The number of carbonyl (C=O) groups excluding carboxylic acids is 1. The maximum absolute atomic E-state index is 11.8. The largest absolute Gasteiger partial charge is 0.633 e. The molecule has 0 aliphatic rings. The van der Waals surface area contributed by atoms with Crippen LogP contribution in [0.15, 0.2) is 12.2 Å². The minimum Gasteiger partial charge on any atom is -0.633 e. The first-order valence-electron chi connectivity index (χ1n) is 5.35. The Morgan fingerprint density at radius 1 is 1.40 bits per heavy atom. The molecule has 0 amide bonds. The fourth-order valence-corrected chi connectivity index (χ4v) is 1.18. The zero-order chi connectivity index (χ0) is 11.9. The van der Waals surface area contributed by atoms with Crippen LogP contribution >= 0.6 is 0 Å². The third kappa shape index (κ3) is 5.54. The number of esters is 1. The molecule has 0 spiro atoms. The highest BCUT2D eigenvalue weighted by Gasteiger charge is 2.11. The molecule has 0 aromatic carbocycles. The SMILES string of the molecule is C=C(C)C(=O)OCCC[N+]([O-])(CC)CC. The highest BCUT2D eigenvalue weighted by Crippen LogP contribution is 2.05. The molecule has 0 bridgehead atoms. The molecular weight excluding hydrogens is 194 g/mol. The van der Waals surface area contributed by atoms with Gasteiger partial charge in [0.05, 0.1) is 26.2 Å². The molecule has 0 radical (unpaired) electrons. The molecule has 0 heterocycles. The number of carbonyl (C=O) groups is 1. The van der Waals surface area contributed by atoms with Crippen molar-refractivity contribution in [3.8, 4) is 0 Å². The second-order valence-corrected chi connectivity index (χ2v) is 3.68. The van der Waals surface area contributed by atoms with Crippen LogP contribution in [0.3, 0.4) is 0 Å². The van der Waals surface area contributed by atoms with Crippen LogP contribution in [0.1, 0.15) is 27.2 Å². The standard InChI is InChI=1S/C11H21NO3/c1-5-12(14,6-2)8-7-9-15-11(13)10(3)4/h3,5-9H2,1-2,4H3. The Balaban J connectivity index is 3.71. The van der Waals surface area contributed by atoms with Crippen molar-refractivity contribution in [2.45, 2.75) is 27.2 Å². The number of hydroxylamine groups is 3. The van der Waals surface area contributed by atoms with E-state index in [1.165, 1.54) is 0 Å². The average Bonchev–Trinajstić information content (AvgIpc) is 2.23. The fourth-order valence-electron chi connectivity index (χ4n) is 1.18. The average molecular weight is 215 g/mol. The quantitative estimate of drug-likeness (QED) is 0.214. The second-order valence-electron chi connectivity index (χ2n) is 3.68. The summed E-state index contributed by atoms with van der Waals surface area (Å²) in [6, 6.07) is 0. The van der Waals surface area contributed by atoms with Gasteiger partial charge in [0.1, 0.15) is 0 Å². The van der Waals surface area contributed by atoms with Gasteiger partial charge in [-0.25, -0.2) is 4.79 Å². The molecule has 0 saturated carbocycles. The Morgan fingerprint density at radius 2 is 1.93 bits per heavy atom. The van der Waals surface area contributed by atoms with Gasteiger partial charge in [-0.05, 0) is 20.8 Å². The first kappa shape index (κ1) is 14.1. The van der Waals surface area contributed by atoms with E-state index in [0.717, 1.165) is 0 Å². The van der Waals surface area contributed by atoms with E-state index in [9.17, 15) is 10.0 Å². The predicted molar refractivity (Wildman–Crippen MR) is 60.0 cm³/mol. The van der Waals surface area contributed by atoms with Crippen LogP contribution in [0.5, 0.6) is 0 Å². The Hall–Kier alpha value is -0.870. The predicted octanol–water partition coefficient (Wildman–Crippen LogP) is 1.85. The Labute approximate surface area is 91.7 Å². The van der Waals surface area contributed by atoms with E-state index in [-0.39, 0.29) is 10.6 Å². The van der Waals surface area contributed by atoms with E-state index < -0.39 is 0 Å². The summed E-state index contributed by atoms with van der Waals surface area (Å²) in [5.41, 5.74) is 0.392. The van der Waals surface area contributed by atoms with Crippen molar-refractivity contribution in [2.75, 3.05) is 26.2 Å². The van der Waals surface area contributed by atoms with Crippen LogP contribution in [0.4, 0.5) is 0 Å². The maximum Gasteiger partial charge on any atom is 0.333 e. The minimum absolute atomic E-state index is 0.218. The summed E-state index contributed by atoms with van der Waals surface area (Å²) in [6.45, 7) is 10.7. The number of quaternary nitrogens is 1. The highest BCUT2D eigenvalue weighted by atomic mass is 16.5. The van der Waals surface area contributed by atoms with E-state index in [4.69, 9.17) is 4.74 Å². The van der Waals surface area contributed by atoms with Gasteiger partial charge in [0.2, 0.25) is 0 Å². The van der Waals surface area contributed by atoms with Gasteiger partial charge in [-0.2, -0.15) is 0 Å². The Morgan fingerprint density at radius 3 is 2.33 bits per heavy atom. The molecule has 0 aliphatic carbocycles. The van der Waals surface area contributed by atoms with Crippen molar-refractivity contribution in [1.82, 2.24) is 0 Å². The van der Waals surface area contributed by atoms with E-state index >= 15 is 0 Å². The molecule has 0 atom stereocenters. The summed E-state index contributed by atoms with van der Waals surface area (Å²) in [7, 11) is 0. The second kappa shape index (κ2) is 6.58. The summed E-state index contributed by atoms with van der Waals surface area (Å²) in [5, 5.41) is 11.8. The van der Waals surface area contributed by atoms with Crippen molar-refractivity contribution in [3.05, 3.63) is 17.4 Å². The zero-order valence-electron chi connectivity index (χ0n) is 9.91. The van der Waals surface area contributed by atoms with Crippen molar-refractivity contribution in [1.29, 1.82) is 0 Å². The lowest BCUT2D eigenvalue weighted by molar-refractivity contribution is -0.877. The summed E-state index contributed by atoms with van der Waals surface area (Å²) >= 11 is 0. The molecule has 0 aromatic heterocycles. The molecular formula is C11H21NO3. The molecule has 0 unspecified atom stereocenters. The molecule has 0 fully saturated rings. The topological polar surface area (TPSA) is 49.4 Å². The fraction of sp³-hybridized carbons (Fsp3) is 0.727. The number of ether oxygens (including phenoxy) is 1. The highest BCUT2D eigenvalue weighted by molar-refractivity contribution is 5.86. The molecule has 0 aromatic rings. The van der Waals surface area contributed by atoms with E-state index in [0.29, 0.717) is 38.2 Å². The molecule has 0 rings (SSSR count). The molecule has 0 saturated heterocycles. The van der Waals surface area contributed by atoms with Crippen molar-refractivity contribution < 1.29 is 14.2 Å². The molecule has 4 nitrogen and oxygen atoms in total. The molecule has 0 aliphatic heterocycles. The van der Waals surface area contributed by atoms with Crippen molar-refractivity contribution in [2.24, 2.45) is 0 Å². The first-order chi connectivity index (χ1) is 6.95. The van der Waals surface area contributed by atoms with E-state index in [1.807, 2.05) is 13.8 Å². The Kier molecular flexibility index (Phi) is 6.20. The van der Waals surface area contributed by atoms with Crippen LogP contribution in [0.25, 0.3) is 0 Å². The van der Waals surface area contributed by atoms with Gasteiger partial charge in [0.15, 0.2) is 0 Å². The van der Waals surface area contributed by atoms with E-state index in [1.54, 1.807) is 6.92 Å².